The predicted octanol–water partition coefficient (Wildman–Crippen LogP) is 14.4. The van der Waals surface area contributed by atoms with Crippen LogP contribution in [0.2, 0.25) is 0 Å². The van der Waals surface area contributed by atoms with Gasteiger partial charge in [-0.1, -0.05) is 136 Å². The number of carbonyl (C=O) groups is 1. The van der Waals surface area contributed by atoms with E-state index in [1.54, 1.807) is 5.57 Å². The third-order valence-electron chi connectivity index (χ3n) is 14.7. The van der Waals surface area contributed by atoms with Gasteiger partial charge >= 0.3 is 5.97 Å². The van der Waals surface area contributed by atoms with Crippen molar-refractivity contribution in [3.05, 3.63) is 36.0 Å². The lowest BCUT2D eigenvalue weighted by atomic mass is 9.47. The van der Waals surface area contributed by atoms with Crippen molar-refractivity contribution in [2.75, 3.05) is 0 Å². The van der Waals surface area contributed by atoms with Crippen LogP contribution in [-0.4, -0.2) is 12.1 Å². The smallest absolute Gasteiger partial charge is 0.306 e. The molecule has 2 nitrogen and oxygen atoms in total. The second kappa shape index (κ2) is 20.1. The maximum atomic E-state index is 12.8. The number of fused-ring (bicyclic) bond motifs is 5. The van der Waals surface area contributed by atoms with Gasteiger partial charge in [0.15, 0.2) is 0 Å². The molecule has 9 atom stereocenters. The number of rotatable bonds is 21. The van der Waals surface area contributed by atoms with Crippen LogP contribution in [0.1, 0.15) is 196 Å². The summed E-state index contributed by atoms with van der Waals surface area (Å²) >= 11 is 0. The number of ether oxygens (including phenoxy) is 1. The van der Waals surface area contributed by atoms with Crippen molar-refractivity contribution in [1.82, 2.24) is 0 Å². The van der Waals surface area contributed by atoms with Crippen LogP contribution in [0.25, 0.3) is 0 Å². The van der Waals surface area contributed by atoms with Crippen molar-refractivity contribution >= 4 is 5.97 Å². The van der Waals surface area contributed by atoms with Crippen LogP contribution in [0.4, 0.5) is 0 Å². The lowest BCUT2D eigenvalue weighted by molar-refractivity contribution is -0.151. The first-order valence-corrected chi connectivity index (χ1v) is 21.9. The lowest BCUT2D eigenvalue weighted by Gasteiger charge is -2.58. The average Bonchev–Trinajstić information content (AvgIpc) is 3.44. The van der Waals surface area contributed by atoms with Gasteiger partial charge in [-0.25, -0.2) is 0 Å². The summed E-state index contributed by atoms with van der Waals surface area (Å²) in [5.74, 6) is 5.54. The van der Waals surface area contributed by atoms with E-state index in [4.69, 9.17) is 4.74 Å². The predicted molar refractivity (Wildman–Crippen MR) is 211 cm³/mol. The Morgan fingerprint density at radius 1 is 0.816 bits per heavy atom. The average molecular weight is 677 g/mol. The van der Waals surface area contributed by atoms with Crippen LogP contribution in [0, 0.1) is 52.3 Å². The molecule has 0 heterocycles. The van der Waals surface area contributed by atoms with Gasteiger partial charge in [-0.2, -0.15) is 0 Å². The molecule has 0 radical (unpaired) electrons. The normalized spacial score (nSPS) is 32.6. The van der Waals surface area contributed by atoms with E-state index in [0.29, 0.717) is 29.1 Å². The third-order valence-corrected chi connectivity index (χ3v) is 14.7. The summed E-state index contributed by atoms with van der Waals surface area (Å²) in [5.41, 5.74) is 2.44. The molecule has 4 rings (SSSR count). The lowest BCUT2D eigenvalue weighted by Crippen LogP contribution is -2.51. The summed E-state index contributed by atoms with van der Waals surface area (Å²) in [4.78, 5) is 12.8. The quantitative estimate of drug-likeness (QED) is 0.0687. The van der Waals surface area contributed by atoms with E-state index in [1.165, 1.54) is 116 Å². The molecule has 280 valence electrons. The van der Waals surface area contributed by atoms with E-state index in [2.05, 4.69) is 78.8 Å². The molecule has 0 aromatic carbocycles. The van der Waals surface area contributed by atoms with E-state index < -0.39 is 0 Å². The molecule has 3 fully saturated rings. The molecule has 9 unspecified atom stereocenters. The second-order valence-electron chi connectivity index (χ2n) is 18.2. The van der Waals surface area contributed by atoms with Gasteiger partial charge in [-0.3, -0.25) is 4.79 Å². The molecule has 0 bridgehead atoms. The van der Waals surface area contributed by atoms with E-state index in [1.807, 2.05) is 0 Å². The van der Waals surface area contributed by atoms with Crippen molar-refractivity contribution in [2.45, 2.75) is 202 Å². The van der Waals surface area contributed by atoms with Crippen LogP contribution in [0.3, 0.4) is 0 Å². The molecule has 0 aliphatic heterocycles. The fraction of sp³-hybridized carbons (Fsp3) is 0.851. The Balaban J connectivity index is 1.14. The Hall–Kier alpha value is -1.31. The summed E-state index contributed by atoms with van der Waals surface area (Å²) in [6.45, 7) is 17.2. The van der Waals surface area contributed by atoms with Crippen molar-refractivity contribution in [3.63, 3.8) is 0 Å². The first-order valence-electron chi connectivity index (χ1n) is 21.9. The summed E-state index contributed by atoms with van der Waals surface area (Å²) < 4.78 is 6.14. The number of hydrogen-bond acceptors (Lipinski definition) is 2. The Labute approximate surface area is 305 Å². The second-order valence-corrected chi connectivity index (χ2v) is 18.2. The zero-order chi connectivity index (χ0) is 35.3. The van der Waals surface area contributed by atoms with E-state index >= 15 is 0 Å². The highest BCUT2D eigenvalue weighted by Gasteiger charge is 2.59. The summed E-state index contributed by atoms with van der Waals surface area (Å²) in [6.07, 6.45) is 41.4. The maximum absolute atomic E-state index is 12.8. The van der Waals surface area contributed by atoms with Gasteiger partial charge in [0.25, 0.3) is 0 Å². The molecule has 4 aliphatic rings. The zero-order valence-electron chi connectivity index (χ0n) is 33.6. The topological polar surface area (TPSA) is 26.3 Å². The molecular formula is C47H80O2. The maximum Gasteiger partial charge on any atom is 0.306 e. The number of allylic oxidation sites excluding steroid dienone is 5. The zero-order valence-corrected chi connectivity index (χ0v) is 33.6. The van der Waals surface area contributed by atoms with Gasteiger partial charge in [0.05, 0.1) is 0 Å². The van der Waals surface area contributed by atoms with Gasteiger partial charge < -0.3 is 4.74 Å². The summed E-state index contributed by atoms with van der Waals surface area (Å²) in [5, 5.41) is 0. The fourth-order valence-electron chi connectivity index (χ4n) is 11.5. The van der Waals surface area contributed by atoms with Gasteiger partial charge in [-0.05, 0) is 136 Å². The van der Waals surface area contributed by atoms with Crippen molar-refractivity contribution in [2.24, 2.45) is 52.3 Å². The largest absolute Gasteiger partial charge is 0.462 e. The van der Waals surface area contributed by atoms with E-state index in [9.17, 15) is 4.79 Å². The standard InChI is InChI=1S/C47H80O2/c1-8-10-11-12-13-14-15-16-17-18-19-20-21-22-23-24-45(48)49-40-31-33-46(6)39(35-40)27-28-41-43-30-29-42(47(43,7)34-32-44(41)46)37(5)25-26-38(9-2)36(3)4/h14-15,25-27,36-38,40-44H,8-13,16-24,28-35H2,1-7H3/b15-14-,26-25+. The van der Waals surface area contributed by atoms with Crippen LogP contribution in [0.5, 0.6) is 0 Å². The first kappa shape index (κ1) is 40.5. The molecule has 0 spiro atoms. The van der Waals surface area contributed by atoms with Crippen molar-refractivity contribution < 1.29 is 9.53 Å². The SMILES string of the molecule is CCCCCC/C=C\CCCCCCCCCC(=O)OC1CCC2(C)C(=CCC3C2CCC2(C)C(C(C)/C=C/C(CC)C(C)C)CCC32)C1. The number of unbranched alkanes of at least 4 members (excludes halogenated alkanes) is 11. The monoisotopic (exact) mass is 677 g/mol. The molecule has 3 saturated carbocycles. The van der Waals surface area contributed by atoms with Crippen LogP contribution >= 0.6 is 0 Å². The third kappa shape index (κ3) is 10.9. The highest BCUT2D eigenvalue weighted by Crippen LogP contribution is 2.67. The Bertz CT molecular complexity index is 1070. The molecule has 0 aromatic heterocycles. The highest BCUT2D eigenvalue weighted by molar-refractivity contribution is 5.69. The first-order chi connectivity index (χ1) is 23.6. The van der Waals surface area contributed by atoms with Gasteiger partial charge in [0, 0.05) is 12.8 Å². The highest BCUT2D eigenvalue weighted by atomic mass is 16.5. The number of carbonyl (C=O) groups excluding carboxylic acids is 1. The minimum Gasteiger partial charge on any atom is -0.462 e. The molecule has 0 amide bonds. The van der Waals surface area contributed by atoms with Gasteiger partial charge in [0.1, 0.15) is 6.10 Å². The molecule has 49 heavy (non-hydrogen) atoms. The van der Waals surface area contributed by atoms with Crippen LogP contribution in [0.15, 0.2) is 36.0 Å². The summed E-state index contributed by atoms with van der Waals surface area (Å²) in [6, 6.07) is 0. The van der Waals surface area contributed by atoms with Gasteiger partial charge in [0.2, 0.25) is 0 Å². The van der Waals surface area contributed by atoms with Crippen molar-refractivity contribution in [1.29, 1.82) is 0 Å². The number of hydrogen-bond donors (Lipinski definition) is 0. The minimum atomic E-state index is 0.0524. The molecule has 2 heteroatoms. The van der Waals surface area contributed by atoms with E-state index in [0.717, 1.165) is 55.3 Å². The molecule has 0 saturated heterocycles. The Morgan fingerprint density at radius 2 is 1.49 bits per heavy atom. The van der Waals surface area contributed by atoms with E-state index in [-0.39, 0.29) is 12.1 Å². The van der Waals surface area contributed by atoms with Crippen LogP contribution in [-0.2, 0) is 9.53 Å². The van der Waals surface area contributed by atoms with Crippen molar-refractivity contribution in [3.8, 4) is 0 Å². The fourth-order valence-corrected chi connectivity index (χ4v) is 11.5. The molecule has 0 N–H and O–H groups in total. The molecular weight excluding hydrogens is 597 g/mol. The van der Waals surface area contributed by atoms with Crippen LogP contribution < -0.4 is 0 Å². The Morgan fingerprint density at radius 3 is 2.16 bits per heavy atom. The van der Waals surface area contributed by atoms with Gasteiger partial charge in [-0.15, -0.1) is 0 Å². The Kier molecular flexibility index (Phi) is 16.6. The molecule has 0 aromatic rings. The number of esters is 1. The minimum absolute atomic E-state index is 0.0524. The molecule has 4 aliphatic carbocycles. The summed E-state index contributed by atoms with van der Waals surface area (Å²) in [7, 11) is 0.